The molecule has 0 radical (unpaired) electrons. The van der Waals surface area contributed by atoms with Crippen LogP contribution in [0.1, 0.15) is 52.0 Å². The standard InChI is InChI=1S/C14H22O2/c1-13(2,3)11-4-7-14(15,8-5-11)12-6-9-16-10-12/h6,9-11,15H,4-5,7-8H2,1-3H3. The lowest BCUT2D eigenvalue weighted by Crippen LogP contribution is -2.35. The highest BCUT2D eigenvalue weighted by molar-refractivity contribution is 5.17. The average molecular weight is 222 g/mol. The highest BCUT2D eigenvalue weighted by atomic mass is 16.3. The minimum atomic E-state index is -0.644. The van der Waals surface area contributed by atoms with E-state index in [1.165, 1.54) is 0 Å². The van der Waals surface area contributed by atoms with Crippen LogP contribution in [0, 0.1) is 11.3 Å². The first-order valence-electron chi connectivity index (χ1n) is 6.17. The molecule has 1 aliphatic rings. The van der Waals surface area contributed by atoms with Crippen LogP contribution in [-0.2, 0) is 5.60 Å². The molecule has 90 valence electrons. The van der Waals surface area contributed by atoms with Crippen molar-refractivity contribution < 1.29 is 9.52 Å². The van der Waals surface area contributed by atoms with Gasteiger partial charge in [-0.05, 0) is 43.1 Å². The fourth-order valence-electron chi connectivity index (χ4n) is 2.78. The molecule has 1 heterocycles. The maximum atomic E-state index is 10.6. The summed E-state index contributed by atoms with van der Waals surface area (Å²) in [4.78, 5) is 0. The fraction of sp³-hybridized carbons (Fsp3) is 0.714. The molecule has 0 aliphatic heterocycles. The Bertz CT molecular complexity index is 324. The molecule has 1 saturated carbocycles. The molecule has 2 heteroatoms. The van der Waals surface area contributed by atoms with Crippen molar-refractivity contribution >= 4 is 0 Å². The molecular formula is C14H22O2. The highest BCUT2D eigenvalue weighted by Crippen LogP contribution is 2.45. The smallest absolute Gasteiger partial charge is 0.0963 e. The van der Waals surface area contributed by atoms with Crippen molar-refractivity contribution in [3.8, 4) is 0 Å². The second kappa shape index (κ2) is 3.92. The van der Waals surface area contributed by atoms with Crippen molar-refractivity contribution in [2.45, 2.75) is 52.1 Å². The Morgan fingerprint density at radius 1 is 1.31 bits per heavy atom. The van der Waals surface area contributed by atoms with Gasteiger partial charge in [-0.25, -0.2) is 0 Å². The van der Waals surface area contributed by atoms with Crippen LogP contribution in [-0.4, -0.2) is 5.11 Å². The van der Waals surface area contributed by atoms with Crippen LogP contribution in [0.25, 0.3) is 0 Å². The first-order chi connectivity index (χ1) is 7.42. The highest BCUT2D eigenvalue weighted by Gasteiger charge is 2.38. The molecule has 0 aromatic carbocycles. The SMILES string of the molecule is CC(C)(C)C1CCC(O)(c2ccoc2)CC1. The van der Waals surface area contributed by atoms with E-state index in [0.29, 0.717) is 5.41 Å². The Morgan fingerprint density at radius 2 is 1.94 bits per heavy atom. The van der Waals surface area contributed by atoms with Crippen molar-refractivity contribution in [3.63, 3.8) is 0 Å². The van der Waals surface area contributed by atoms with Crippen molar-refractivity contribution in [2.24, 2.45) is 11.3 Å². The average Bonchev–Trinajstić information content (AvgIpc) is 2.70. The van der Waals surface area contributed by atoms with Crippen LogP contribution in [0.5, 0.6) is 0 Å². The fourth-order valence-corrected chi connectivity index (χ4v) is 2.78. The van der Waals surface area contributed by atoms with Crippen LogP contribution < -0.4 is 0 Å². The van der Waals surface area contributed by atoms with Gasteiger partial charge in [-0.3, -0.25) is 0 Å². The van der Waals surface area contributed by atoms with Gasteiger partial charge in [0.1, 0.15) is 0 Å². The summed E-state index contributed by atoms with van der Waals surface area (Å²) in [7, 11) is 0. The van der Waals surface area contributed by atoms with Crippen LogP contribution in [0.3, 0.4) is 0 Å². The summed E-state index contributed by atoms with van der Waals surface area (Å²) < 4.78 is 5.07. The topological polar surface area (TPSA) is 33.4 Å². The summed E-state index contributed by atoms with van der Waals surface area (Å²) in [6, 6.07) is 1.89. The third-order valence-corrected chi connectivity index (χ3v) is 4.10. The van der Waals surface area contributed by atoms with Gasteiger partial charge in [-0.2, -0.15) is 0 Å². The third-order valence-electron chi connectivity index (χ3n) is 4.10. The second-order valence-electron chi connectivity index (χ2n) is 6.18. The van der Waals surface area contributed by atoms with Gasteiger partial charge in [-0.15, -0.1) is 0 Å². The number of rotatable bonds is 1. The second-order valence-corrected chi connectivity index (χ2v) is 6.18. The predicted molar refractivity (Wildman–Crippen MR) is 64.0 cm³/mol. The molecule has 1 fully saturated rings. The zero-order valence-corrected chi connectivity index (χ0v) is 10.5. The molecule has 1 aromatic rings. The lowest BCUT2D eigenvalue weighted by atomic mass is 9.67. The van der Waals surface area contributed by atoms with Crippen LogP contribution in [0.2, 0.25) is 0 Å². The molecule has 0 atom stereocenters. The third kappa shape index (κ3) is 2.17. The van der Waals surface area contributed by atoms with Crippen LogP contribution >= 0.6 is 0 Å². The van der Waals surface area contributed by atoms with Gasteiger partial charge < -0.3 is 9.52 Å². The van der Waals surface area contributed by atoms with Crippen LogP contribution in [0.4, 0.5) is 0 Å². The molecule has 0 bridgehead atoms. The van der Waals surface area contributed by atoms with Gasteiger partial charge in [-0.1, -0.05) is 20.8 Å². The van der Waals surface area contributed by atoms with E-state index >= 15 is 0 Å². The van der Waals surface area contributed by atoms with E-state index in [2.05, 4.69) is 20.8 Å². The Hall–Kier alpha value is -0.760. The first-order valence-corrected chi connectivity index (χ1v) is 6.17. The Balaban J connectivity index is 2.05. The zero-order valence-electron chi connectivity index (χ0n) is 10.5. The zero-order chi connectivity index (χ0) is 11.8. The van der Waals surface area contributed by atoms with E-state index in [1.807, 2.05) is 6.07 Å². The quantitative estimate of drug-likeness (QED) is 0.786. The number of aliphatic hydroxyl groups is 1. The molecule has 1 aromatic heterocycles. The van der Waals surface area contributed by atoms with E-state index in [1.54, 1.807) is 12.5 Å². The van der Waals surface area contributed by atoms with Crippen molar-refractivity contribution in [1.82, 2.24) is 0 Å². The minimum absolute atomic E-state index is 0.359. The molecule has 2 nitrogen and oxygen atoms in total. The van der Waals surface area contributed by atoms with Crippen LogP contribution in [0.15, 0.2) is 23.0 Å². The predicted octanol–water partition coefficient (Wildman–Crippen LogP) is 3.70. The molecule has 2 rings (SSSR count). The summed E-state index contributed by atoms with van der Waals surface area (Å²) in [6.45, 7) is 6.87. The van der Waals surface area contributed by atoms with E-state index in [9.17, 15) is 5.11 Å². The maximum absolute atomic E-state index is 10.6. The lowest BCUT2D eigenvalue weighted by Gasteiger charge is -2.41. The van der Waals surface area contributed by atoms with Gasteiger partial charge >= 0.3 is 0 Å². The van der Waals surface area contributed by atoms with E-state index < -0.39 is 5.60 Å². The van der Waals surface area contributed by atoms with E-state index in [4.69, 9.17) is 4.42 Å². The summed E-state index contributed by atoms with van der Waals surface area (Å²) in [5.41, 5.74) is 0.659. The number of furan rings is 1. The minimum Gasteiger partial charge on any atom is -0.472 e. The first kappa shape index (κ1) is 11.7. The molecule has 0 saturated heterocycles. The Labute approximate surface area is 97.7 Å². The van der Waals surface area contributed by atoms with E-state index in [-0.39, 0.29) is 0 Å². The van der Waals surface area contributed by atoms with Crippen molar-refractivity contribution in [1.29, 1.82) is 0 Å². The molecule has 0 spiro atoms. The number of hydrogen-bond acceptors (Lipinski definition) is 2. The summed E-state index contributed by atoms with van der Waals surface area (Å²) >= 11 is 0. The summed E-state index contributed by atoms with van der Waals surface area (Å²) in [6.07, 6.45) is 7.24. The monoisotopic (exact) mass is 222 g/mol. The van der Waals surface area contributed by atoms with Crippen molar-refractivity contribution in [2.75, 3.05) is 0 Å². The van der Waals surface area contributed by atoms with Gasteiger partial charge in [0.15, 0.2) is 0 Å². The van der Waals surface area contributed by atoms with Crippen molar-refractivity contribution in [3.05, 3.63) is 24.2 Å². The molecular weight excluding hydrogens is 200 g/mol. The van der Waals surface area contributed by atoms with Gasteiger partial charge in [0, 0.05) is 5.56 Å². The molecule has 16 heavy (non-hydrogen) atoms. The summed E-state index contributed by atoms with van der Waals surface area (Å²) in [5, 5.41) is 10.6. The van der Waals surface area contributed by atoms with Gasteiger partial charge in [0.25, 0.3) is 0 Å². The van der Waals surface area contributed by atoms with E-state index in [0.717, 1.165) is 37.2 Å². The molecule has 0 unspecified atom stereocenters. The lowest BCUT2D eigenvalue weighted by molar-refractivity contribution is -0.0301. The Kier molecular flexibility index (Phi) is 2.87. The summed E-state index contributed by atoms with van der Waals surface area (Å²) in [5.74, 6) is 0.722. The number of hydrogen-bond donors (Lipinski definition) is 1. The maximum Gasteiger partial charge on any atom is 0.0963 e. The van der Waals surface area contributed by atoms with Gasteiger partial charge in [0.05, 0.1) is 18.1 Å². The Morgan fingerprint density at radius 3 is 2.38 bits per heavy atom. The largest absolute Gasteiger partial charge is 0.472 e. The van der Waals surface area contributed by atoms with Gasteiger partial charge in [0.2, 0.25) is 0 Å². The molecule has 0 amide bonds. The molecule has 1 aliphatic carbocycles. The molecule has 1 N–H and O–H groups in total. The normalized spacial score (nSPS) is 31.6.